The standard InChI is InChI=1S/C11H10N2O/c1-7(2)10-8(5-12)6-13-11-9(10)3-4-14-11/h3-4,6-7H,1-2H3/i4D. The summed E-state index contributed by atoms with van der Waals surface area (Å²) in [4.78, 5) is 4.01. The van der Waals surface area contributed by atoms with Gasteiger partial charge in [-0.25, -0.2) is 4.98 Å². The van der Waals surface area contributed by atoms with Crippen LogP contribution >= 0.6 is 0 Å². The van der Waals surface area contributed by atoms with Gasteiger partial charge in [-0.3, -0.25) is 0 Å². The van der Waals surface area contributed by atoms with E-state index in [1.54, 1.807) is 6.07 Å². The normalized spacial score (nSPS) is 11.7. The highest BCUT2D eigenvalue weighted by Gasteiger charge is 2.13. The molecule has 0 aromatic carbocycles. The largest absolute Gasteiger partial charge is 0.446 e. The molecule has 0 aliphatic carbocycles. The Labute approximate surface area is 83.4 Å². The van der Waals surface area contributed by atoms with Crippen LogP contribution < -0.4 is 0 Å². The van der Waals surface area contributed by atoms with E-state index in [4.69, 9.17) is 11.0 Å². The summed E-state index contributed by atoms with van der Waals surface area (Å²) in [6.07, 6.45) is 1.58. The summed E-state index contributed by atoms with van der Waals surface area (Å²) in [7, 11) is 0. The second-order valence-electron chi connectivity index (χ2n) is 3.44. The molecule has 0 saturated heterocycles. The van der Waals surface area contributed by atoms with Gasteiger partial charge in [0, 0.05) is 11.6 Å². The van der Waals surface area contributed by atoms with Crippen LogP contribution in [0.15, 0.2) is 22.9 Å². The van der Waals surface area contributed by atoms with Gasteiger partial charge in [-0.05, 0) is 17.5 Å². The van der Waals surface area contributed by atoms with Gasteiger partial charge in [0.2, 0.25) is 5.71 Å². The maximum absolute atomic E-state index is 8.97. The van der Waals surface area contributed by atoms with Gasteiger partial charge >= 0.3 is 0 Å². The molecule has 0 N–H and O–H groups in total. The number of pyridine rings is 1. The van der Waals surface area contributed by atoms with E-state index in [1.165, 1.54) is 6.20 Å². The Hall–Kier alpha value is -1.82. The lowest BCUT2D eigenvalue weighted by Crippen LogP contribution is -1.94. The fourth-order valence-electron chi connectivity index (χ4n) is 1.60. The smallest absolute Gasteiger partial charge is 0.226 e. The van der Waals surface area contributed by atoms with Gasteiger partial charge in [-0.1, -0.05) is 13.8 Å². The van der Waals surface area contributed by atoms with Crippen LogP contribution in [0.1, 0.15) is 32.3 Å². The zero-order valence-electron chi connectivity index (χ0n) is 9.03. The molecular weight excluding hydrogens is 176 g/mol. The Morgan fingerprint density at radius 2 is 2.43 bits per heavy atom. The molecule has 3 nitrogen and oxygen atoms in total. The van der Waals surface area contributed by atoms with Crippen LogP contribution in [0.3, 0.4) is 0 Å². The van der Waals surface area contributed by atoms with Crippen molar-refractivity contribution in [3.05, 3.63) is 29.6 Å². The van der Waals surface area contributed by atoms with Crippen molar-refractivity contribution in [1.82, 2.24) is 4.98 Å². The Morgan fingerprint density at radius 1 is 1.64 bits per heavy atom. The lowest BCUT2D eigenvalue weighted by Gasteiger charge is -2.07. The van der Waals surface area contributed by atoms with E-state index >= 15 is 0 Å². The molecule has 2 aromatic heterocycles. The lowest BCUT2D eigenvalue weighted by molar-refractivity contribution is 0.602. The molecule has 0 aliphatic heterocycles. The number of aromatic nitrogens is 1. The van der Waals surface area contributed by atoms with Crippen molar-refractivity contribution >= 4 is 11.1 Å². The molecule has 0 aliphatic rings. The van der Waals surface area contributed by atoms with Gasteiger partial charge in [0.05, 0.1) is 11.8 Å². The number of nitriles is 1. The first kappa shape index (κ1) is 7.57. The average molecular weight is 187 g/mol. The first-order valence-electron chi connectivity index (χ1n) is 4.92. The van der Waals surface area contributed by atoms with Crippen molar-refractivity contribution in [1.29, 1.82) is 5.26 Å². The van der Waals surface area contributed by atoms with E-state index < -0.39 is 0 Å². The number of nitrogens with zero attached hydrogens (tertiary/aromatic N) is 2. The summed E-state index contributed by atoms with van der Waals surface area (Å²) in [6.45, 7) is 4.01. The van der Waals surface area contributed by atoms with Gasteiger partial charge in [0.25, 0.3) is 0 Å². The first-order valence-corrected chi connectivity index (χ1v) is 4.42. The molecule has 0 amide bonds. The Kier molecular flexibility index (Phi) is 1.70. The summed E-state index contributed by atoms with van der Waals surface area (Å²) in [5, 5.41) is 9.74. The average Bonchev–Trinajstić information content (AvgIpc) is 2.55. The third kappa shape index (κ3) is 1.16. The highest BCUT2D eigenvalue weighted by Crippen LogP contribution is 2.27. The van der Waals surface area contributed by atoms with Crippen molar-refractivity contribution in [3.8, 4) is 6.07 Å². The molecule has 2 heterocycles. The number of hydrogen-bond donors (Lipinski definition) is 0. The van der Waals surface area contributed by atoms with E-state index in [0.717, 1.165) is 10.9 Å². The van der Waals surface area contributed by atoms with Crippen LogP contribution in [0.4, 0.5) is 0 Å². The molecular formula is C11H10N2O. The van der Waals surface area contributed by atoms with Crippen molar-refractivity contribution in [2.75, 3.05) is 0 Å². The SMILES string of the molecule is [2H]c1cc2c(C(C)C)c(C#N)cnc2o1. The lowest BCUT2D eigenvalue weighted by atomic mass is 9.97. The zero-order chi connectivity index (χ0) is 11.0. The van der Waals surface area contributed by atoms with Gasteiger partial charge in [0.1, 0.15) is 7.44 Å². The summed E-state index contributed by atoms with van der Waals surface area (Å²) < 4.78 is 12.5. The van der Waals surface area contributed by atoms with Gasteiger partial charge < -0.3 is 4.42 Å². The number of furan rings is 1. The van der Waals surface area contributed by atoms with Gasteiger partial charge in [-0.15, -0.1) is 0 Å². The quantitative estimate of drug-likeness (QED) is 0.689. The maximum atomic E-state index is 8.97. The van der Waals surface area contributed by atoms with E-state index in [9.17, 15) is 0 Å². The minimum atomic E-state index is 0.0782. The summed E-state index contributed by atoms with van der Waals surface area (Å²) in [5.41, 5.74) is 1.89. The third-order valence-corrected chi connectivity index (χ3v) is 2.18. The predicted octanol–water partition coefficient (Wildman–Crippen LogP) is 2.82. The monoisotopic (exact) mass is 187 g/mol. The number of hydrogen-bond acceptors (Lipinski definition) is 3. The molecule has 0 radical (unpaired) electrons. The summed E-state index contributed by atoms with van der Waals surface area (Å²) >= 11 is 0. The third-order valence-electron chi connectivity index (χ3n) is 2.18. The van der Waals surface area contributed by atoms with Crippen molar-refractivity contribution < 1.29 is 5.79 Å². The molecule has 2 rings (SSSR count). The van der Waals surface area contributed by atoms with E-state index in [1.807, 2.05) is 13.8 Å². The Morgan fingerprint density at radius 3 is 3.07 bits per heavy atom. The van der Waals surface area contributed by atoms with Crippen LogP contribution in [0.5, 0.6) is 0 Å². The fourth-order valence-corrected chi connectivity index (χ4v) is 1.60. The van der Waals surface area contributed by atoms with Crippen molar-refractivity contribution in [2.45, 2.75) is 19.8 Å². The van der Waals surface area contributed by atoms with Crippen molar-refractivity contribution in [3.63, 3.8) is 0 Å². The Bertz CT molecular complexity index is 551. The van der Waals surface area contributed by atoms with E-state index in [-0.39, 0.29) is 12.2 Å². The predicted molar refractivity (Wildman–Crippen MR) is 52.8 cm³/mol. The van der Waals surface area contributed by atoms with E-state index in [0.29, 0.717) is 11.3 Å². The van der Waals surface area contributed by atoms with Crippen LogP contribution in [0.25, 0.3) is 11.1 Å². The first-order chi connectivity index (χ1) is 7.13. The molecule has 0 saturated carbocycles. The highest BCUT2D eigenvalue weighted by molar-refractivity contribution is 5.80. The number of rotatable bonds is 1. The molecule has 70 valence electrons. The number of fused-ring (bicyclic) bond motifs is 1. The molecule has 2 aromatic rings. The van der Waals surface area contributed by atoms with Crippen LogP contribution in [0.2, 0.25) is 0 Å². The Balaban J connectivity index is 2.85. The van der Waals surface area contributed by atoms with Crippen molar-refractivity contribution in [2.24, 2.45) is 0 Å². The maximum Gasteiger partial charge on any atom is 0.226 e. The molecule has 14 heavy (non-hydrogen) atoms. The second-order valence-corrected chi connectivity index (χ2v) is 3.44. The minimum absolute atomic E-state index is 0.0782. The molecule has 0 unspecified atom stereocenters. The van der Waals surface area contributed by atoms with Gasteiger partial charge in [-0.2, -0.15) is 5.26 Å². The minimum Gasteiger partial charge on any atom is -0.446 e. The van der Waals surface area contributed by atoms with Crippen LogP contribution in [0, 0.1) is 11.3 Å². The molecule has 0 fully saturated rings. The van der Waals surface area contributed by atoms with Crippen LogP contribution in [-0.2, 0) is 0 Å². The molecule has 0 bridgehead atoms. The summed E-state index contributed by atoms with van der Waals surface area (Å²) in [5.74, 6) is 0.210. The second kappa shape index (κ2) is 3.15. The van der Waals surface area contributed by atoms with E-state index in [2.05, 4.69) is 11.1 Å². The molecule has 0 atom stereocenters. The zero-order valence-corrected chi connectivity index (χ0v) is 8.03. The molecule has 0 spiro atoms. The molecule has 3 heteroatoms. The van der Waals surface area contributed by atoms with Crippen LogP contribution in [-0.4, -0.2) is 4.98 Å². The topological polar surface area (TPSA) is 49.8 Å². The van der Waals surface area contributed by atoms with Gasteiger partial charge in [0.15, 0.2) is 0 Å². The fraction of sp³-hybridized carbons (Fsp3) is 0.273. The highest BCUT2D eigenvalue weighted by atomic mass is 16.3. The summed E-state index contributed by atoms with van der Waals surface area (Å²) in [6, 6.07) is 3.72.